The molecule has 0 aromatic carbocycles. The number of carbonyl (C=O) groups is 3. The smallest absolute Gasteiger partial charge is 0.465 e. The third kappa shape index (κ3) is 11.9. The van der Waals surface area contributed by atoms with Gasteiger partial charge in [-0.25, -0.2) is 9.59 Å². The van der Waals surface area contributed by atoms with Crippen LogP contribution in [0.15, 0.2) is 16.5 Å². The Bertz CT molecular complexity index is 931. The molecule has 0 radical (unpaired) electrons. The predicted octanol–water partition coefficient (Wildman–Crippen LogP) is 7.61. The van der Waals surface area contributed by atoms with E-state index in [-0.39, 0.29) is 37.9 Å². The molecule has 0 saturated carbocycles. The molecule has 0 aliphatic carbocycles. The third-order valence-corrected chi connectivity index (χ3v) is 7.57. The Kier molecular flexibility index (Phi) is 14.5. The van der Waals surface area contributed by atoms with Gasteiger partial charge in [0, 0.05) is 13.0 Å². The minimum absolute atomic E-state index is 0.0440. The predicted molar refractivity (Wildman–Crippen MR) is 156 cm³/mol. The number of quaternary nitrogens is 1. The highest BCUT2D eigenvalue weighted by atomic mass is 16.6. The molecular weight excluding hydrogens is 528 g/mol. The summed E-state index contributed by atoms with van der Waals surface area (Å²) in [6.45, 7) is 10.1. The monoisotopic (exact) mass is 581 g/mol. The number of carbonyl (C=O) groups excluding carboxylic acids is 2. The van der Waals surface area contributed by atoms with Gasteiger partial charge >= 0.3 is 18.2 Å². The summed E-state index contributed by atoms with van der Waals surface area (Å²) in [4.78, 5) is 38.8. The van der Waals surface area contributed by atoms with Gasteiger partial charge in [0.2, 0.25) is 12.0 Å². The van der Waals surface area contributed by atoms with E-state index in [2.05, 4.69) is 6.92 Å². The summed E-state index contributed by atoms with van der Waals surface area (Å²) in [5.74, 6) is -0.565. The van der Waals surface area contributed by atoms with Crippen LogP contribution in [0.1, 0.15) is 122 Å². The van der Waals surface area contributed by atoms with Crippen LogP contribution in [0.4, 0.5) is 9.59 Å². The summed E-state index contributed by atoms with van der Waals surface area (Å²) in [7, 11) is 0. The molecule has 41 heavy (non-hydrogen) atoms. The van der Waals surface area contributed by atoms with Crippen molar-refractivity contribution in [1.29, 1.82) is 0 Å². The lowest BCUT2D eigenvalue weighted by molar-refractivity contribution is -0.904. The number of amides is 2. The zero-order chi connectivity index (χ0) is 30.3. The first-order chi connectivity index (χ1) is 19.5. The van der Waals surface area contributed by atoms with Gasteiger partial charge in [-0.1, -0.05) is 77.6 Å². The van der Waals surface area contributed by atoms with Gasteiger partial charge in [0.05, 0.1) is 19.7 Å². The Labute approximate surface area is 245 Å². The lowest BCUT2D eigenvalue weighted by Crippen LogP contribution is -2.67. The average molecular weight is 582 g/mol. The Morgan fingerprint density at radius 2 is 1.46 bits per heavy atom. The molecule has 1 aromatic rings. The van der Waals surface area contributed by atoms with Crippen LogP contribution in [0.2, 0.25) is 0 Å². The molecule has 2 heterocycles. The number of piperazine rings is 1. The van der Waals surface area contributed by atoms with E-state index in [0.29, 0.717) is 6.61 Å². The fourth-order valence-electron chi connectivity index (χ4n) is 4.98. The van der Waals surface area contributed by atoms with Crippen LogP contribution in [-0.4, -0.2) is 77.3 Å². The van der Waals surface area contributed by atoms with Gasteiger partial charge in [-0.15, -0.1) is 0 Å². The van der Waals surface area contributed by atoms with Crippen LogP contribution in [0.3, 0.4) is 0 Å². The second-order valence-corrected chi connectivity index (χ2v) is 12.1. The first-order valence-corrected chi connectivity index (χ1v) is 15.5. The molecule has 1 saturated heterocycles. The molecular formula is C31H53N2O8+. The van der Waals surface area contributed by atoms with Gasteiger partial charge in [-0.05, 0) is 33.3 Å². The van der Waals surface area contributed by atoms with E-state index >= 15 is 0 Å². The van der Waals surface area contributed by atoms with E-state index in [0.717, 1.165) is 12.8 Å². The van der Waals surface area contributed by atoms with Gasteiger partial charge in [0.1, 0.15) is 18.7 Å². The number of unbranched alkanes of at least 4 members (excludes halogenated alkanes) is 11. The quantitative estimate of drug-likeness (QED) is 0.114. The average Bonchev–Trinajstić information content (AvgIpc) is 3.39. The molecule has 1 aromatic heterocycles. The number of carboxylic acid groups (broad SMARTS) is 1. The molecule has 10 nitrogen and oxygen atoms in total. The van der Waals surface area contributed by atoms with Crippen LogP contribution in [0, 0.1) is 0 Å². The number of furan rings is 1. The standard InChI is InChI=1S/C31H52N2O8/c1-6-7-8-9-10-11-12-13-14-15-16-17-24-38-27-19-18-26(40-27)28(34)39-25(2)33(30(36)37)22-20-32(21-23-33)29(35)41-31(3,4)5/h18-19,25H,6-17,20-24H2,1-5H3/p+1. The van der Waals surface area contributed by atoms with Gasteiger partial charge in [-0.2, -0.15) is 9.28 Å². The number of hydrogen-bond acceptors (Lipinski definition) is 7. The number of esters is 1. The van der Waals surface area contributed by atoms with Crippen molar-refractivity contribution in [2.24, 2.45) is 0 Å². The van der Waals surface area contributed by atoms with Crippen molar-refractivity contribution in [2.75, 3.05) is 32.8 Å². The highest BCUT2D eigenvalue weighted by Crippen LogP contribution is 2.24. The van der Waals surface area contributed by atoms with Crippen LogP contribution in [0.25, 0.3) is 0 Å². The summed E-state index contributed by atoms with van der Waals surface area (Å²) < 4.78 is 21.6. The first-order valence-electron chi connectivity index (χ1n) is 15.5. The molecule has 1 aliphatic rings. The second-order valence-electron chi connectivity index (χ2n) is 12.1. The summed E-state index contributed by atoms with van der Waals surface area (Å²) in [6.07, 6.45) is 12.5. The maximum atomic E-state index is 12.7. The van der Waals surface area contributed by atoms with E-state index in [9.17, 15) is 19.5 Å². The second kappa shape index (κ2) is 17.3. The van der Waals surface area contributed by atoms with E-state index in [1.807, 2.05) is 0 Å². The normalized spacial score (nSPS) is 15.8. The largest absolute Gasteiger partial charge is 0.516 e. The molecule has 0 spiro atoms. The van der Waals surface area contributed by atoms with Gasteiger partial charge in [0.25, 0.3) is 5.95 Å². The number of ether oxygens (including phenoxy) is 3. The lowest BCUT2D eigenvalue weighted by atomic mass is 10.1. The van der Waals surface area contributed by atoms with Gasteiger partial charge in [0.15, 0.2) is 0 Å². The summed E-state index contributed by atoms with van der Waals surface area (Å²) in [6, 6.07) is 3.04. The zero-order valence-electron chi connectivity index (χ0n) is 26.0. The Hall–Kier alpha value is -2.75. The van der Waals surface area contributed by atoms with Crippen molar-refractivity contribution < 1.29 is 42.6 Å². The van der Waals surface area contributed by atoms with Crippen LogP contribution >= 0.6 is 0 Å². The topological polar surface area (TPSA) is 116 Å². The lowest BCUT2D eigenvalue weighted by Gasteiger charge is -2.42. The minimum Gasteiger partial charge on any atom is -0.465 e. The number of nitrogens with zero attached hydrogens (tertiary/aromatic N) is 2. The SMILES string of the molecule is CCCCCCCCCCCCCCOc1ccc(C(=O)OC(C)[N+]2(C(=O)O)CCN(C(=O)OC(C)(C)C)CC2)o1. The maximum Gasteiger partial charge on any atom is 0.516 e. The van der Waals surface area contributed by atoms with Crippen molar-refractivity contribution in [3.8, 4) is 5.95 Å². The van der Waals surface area contributed by atoms with Crippen LogP contribution in [-0.2, 0) is 9.47 Å². The molecule has 2 rings (SSSR count). The molecule has 234 valence electrons. The van der Waals surface area contributed by atoms with Gasteiger partial charge < -0.3 is 23.7 Å². The molecule has 1 unspecified atom stereocenters. The fraction of sp³-hybridized carbons (Fsp3) is 0.774. The summed E-state index contributed by atoms with van der Waals surface area (Å²) in [5.41, 5.74) is -0.644. The summed E-state index contributed by atoms with van der Waals surface area (Å²) in [5, 5.41) is 10.0. The Morgan fingerprint density at radius 3 is 1.98 bits per heavy atom. The molecule has 2 amide bonds. The first kappa shape index (κ1) is 34.5. The van der Waals surface area contributed by atoms with E-state index in [1.165, 1.54) is 75.2 Å². The molecule has 1 fully saturated rings. The minimum atomic E-state index is -1.12. The van der Waals surface area contributed by atoms with Crippen LogP contribution in [0.5, 0.6) is 5.95 Å². The van der Waals surface area contributed by atoms with Crippen LogP contribution < -0.4 is 4.74 Å². The van der Waals surface area contributed by atoms with Crippen molar-refractivity contribution in [1.82, 2.24) is 4.90 Å². The molecule has 10 heteroatoms. The number of rotatable bonds is 17. The van der Waals surface area contributed by atoms with Crippen molar-refractivity contribution in [2.45, 2.75) is 123 Å². The van der Waals surface area contributed by atoms with Crippen molar-refractivity contribution in [3.63, 3.8) is 0 Å². The number of hydrogen-bond donors (Lipinski definition) is 1. The van der Waals surface area contributed by atoms with Crippen molar-refractivity contribution >= 4 is 18.2 Å². The van der Waals surface area contributed by atoms with Gasteiger partial charge in [-0.3, -0.25) is 4.90 Å². The molecule has 1 N–H and O–H groups in total. The molecule has 1 atom stereocenters. The molecule has 1 aliphatic heterocycles. The maximum absolute atomic E-state index is 12.7. The Morgan fingerprint density at radius 1 is 0.927 bits per heavy atom. The highest BCUT2D eigenvalue weighted by Gasteiger charge is 2.48. The van der Waals surface area contributed by atoms with E-state index in [4.69, 9.17) is 18.6 Å². The zero-order valence-corrected chi connectivity index (χ0v) is 26.0. The highest BCUT2D eigenvalue weighted by molar-refractivity contribution is 5.86. The Balaban J connectivity index is 1.69. The fourth-order valence-corrected chi connectivity index (χ4v) is 4.98. The molecule has 0 bridgehead atoms. The van der Waals surface area contributed by atoms with E-state index in [1.54, 1.807) is 33.8 Å². The summed E-state index contributed by atoms with van der Waals surface area (Å²) >= 11 is 0. The van der Waals surface area contributed by atoms with E-state index < -0.39 is 34.5 Å². The van der Waals surface area contributed by atoms with Crippen molar-refractivity contribution in [3.05, 3.63) is 17.9 Å². The third-order valence-electron chi connectivity index (χ3n) is 7.57.